The summed E-state index contributed by atoms with van der Waals surface area (Å²) in [6, 6.07) is 18.0. The van der Waals surface area contributed by atoms with Crippen LogP contribution in [0.4, 0.5) is 10.1 Å². The van der Waals surface area contributed by atoms with E-state index in [1.807, 2.05) is 31.2 Å². The summed E-state index contributed by atoms with van der Waals surface area (Å²) in [5, 5.41) is 19.0. The van der Waals surface area contributed by atoms with Gasteiger partial charge in [0.15, 0.2) is 0 Å². The third kappa shape index (κ3) is 3.79. The Labute approximate surface area is 180 Å². The number of phenolic OH excluding ortho intramolecular Hbond substituents is 1. The van der Waals surface area contributed by atoms with Crippen molar-refractivity contribution in [3.63, 3.8) is 0 Å². The number of hydrogen-bond acceptors (Lipinski definition) is 3. The van der Waals surface area contributed by atoms with Crippen LogP contribution in [0.3, 0.4) is 0 Å². The number of nitrogens with zero attached hydrogens (tertiary/aromatic N) is 1. The number of hydrogen-bond donors (Lipinski definition) is 2. The van der Waals surface area contributed by atoms with E-state index in [0.717, 1.165) is 46.0 Å². The standard InChI is InChI=1S/C26H24FNO3/c1-17-15-20(5-3-18(17)4-12-25(30)31)26(2)24-11-10-23(29)16-19(24)13-14-28(26)22-8-6-21(27)7-9-22/h3-12,15-16,29H,13-14H2,1-2H3,(H,30,31)/b12-4+. The fourth-order valence-electron chi connectivity index (χ4n) is 4.51. The van der Waals surface area contributed by atoms with E-state index in [1.165, 1.54) is 12.1 Å². The highest BCUT2D eigenvalue weighted by Crippen LogP contribution is 2.44. The molecule has 0 aliphatic carbocycles. The first kappa shape index (κ1) is 20.7. The number of aliphatic carboxylic acids is 1. The first-order chi connectivity index (χ1) is 14.8. The summed E-state index contributed by atoms with van der Waals surface area (Å²) in [7, 11) is 0. The first-order valence-corrected chi connectivity index (χ1v) is 10.2. The maximum absolute atomic E-state index is 13.6. The minimum Gasteiger partial charge on any atom is -0.508 e. The van der Waals surface area contributed by atoms with E-state index in [2.05, 4.69) is 17.9 Å². The van der Waals surface area contributed by atoms with Crippen molar-refractivity contribution in [3.05, 3.63) is 100 Å². The minimum atomic E-state index is -0.987. The maximum Gasteiger partial charge on any atom is 0.328 e. The van der Waals surface area contributed by atoms with Gasteiger partial charge in [0.1, 0.15) is 11.6 Å². The summed E-state index contributed by atoms with van der Waals surface area (Å²) in [5.74, 6) is -1.03. The van der Waals surface area contributed by atoms with Crippen molar-refractivity contribution in [2.45, 2.75) is 25.8 Å². The number of aromatic hydroxyl groups is 1. The number of carboxylic acid groups (broad SMARTS) is 1. The van der Waals surface area contributed by atoms with Crippen LogP contribution in [0, 0.1) is 12.7 Å². The fourth-order valence-corrected chi connectivity index (χ4v) is 4.51. The van der Waals surface area contributed by atoms with Crippen molar-refractivity contribution in [1.82, 2.24) is 0 Å². The quantitative estimate of drug-likeness (QED) is 0.568. The van der Waals surface area contributed by atoms with Gasteiger partial charge in [-0.1, -0.05) is 24.3 Å². The molecule has 0 amide bonds. The summed E-state index contributed by atoms with van der Waals surface area (Å²) in [6.45, 7) is 4.79. The van der Waals surface area contributed by atoms with Gasteiger partial charge in [0.2, 0.25) is 0 Å². The molecule has 1 aliphatic rings. The molecule has 2 N–H and O–H groups in total. The summed E-state index contributed by atoms with van der Waals surface area (Å²) in [4.78, 5) is 13.2. The van der Waals surface area contributed by atoms with Gasteiger partial charge in [-0.2, -0.15) is 0 Å². The minimum absolute atomic E-state index is 0.238. The van der Waals surface area contributed by atoms with Gasteiger partial charge >= 0.3 is 5.97 Å². The van der Waals surface area contributed by atoms with E-state index in [0.29, 0.717) is 6.54 Å². The summed E-state index contributed by atoms with van der Waals surface area (Å²) < 4.78 is 13.6. The molecule has 4 rings (SSSR count). The number of fused-ring (bicyclic) bond motifs is 1. The highest BCUT2D eigenvalue weighted by Gasteiger charge is 2.40. The van der Waals surface area contributed by atoms with E-state index in [1.54, 1.807) is 24.3 Å². The molecular formula is C26H24FNO3. The van der Waals surface area contributed by atoms with Gasteiger partial charge in [-0.15, -0.1) is 0 Å². The Morgan fingerprint density at radius 3 is 2.52 bits per heavy atom. The van der Waals surface area contributed by atoms with Crippen molar-refractivity contribution in [2.24, 2.45) is 0 Å². The van der Waals surface area contributed by atoms with Crippen LogP contribution in [-0.4, -0.2) is 22.7 Å². The topological polar surface area (TPSA) is 60.8 Å². The van der Waals surface area contributed by atoms with Crippen LogP contribution in [0.25, 0.3) is 6.08 Å². The molecule has 3 aromatic carbocycles. The molecule has 158 valence electrons. The van der Waals surface area contributed by atoms with Crippen molar-refractivity contribution in [1.29, 1.82) is 0 Å². The Balaban J connectivity index is 1.88. The lowest BCUT2D eigenvalue weighted by atomic mass is 9.76. The molecule has 5 heteroatoms. The van der Waals surface area contributed by atoms with Crippen LogP contribution in [-0.2, 0) is 16.8 Å². The summed E-state index contributed by atoms with van der Waals surface area (Å²) in [5.41, 5.74) is 5.34. The molecule has 1 heterocycles. The van der Waals surface area contributed by atoms with E-state index in [9.17, 15) is 14.3 Å². The third-order valence-electron chi connectivity index (χ3n) is 6.13. The zero-order chi connectivity index (χ0) is 22.2. The Bertz CT molecular complexity index is 1170. The number of halogens is 1. The molecule has 0 bridgehead atoms. The Morgan fingerprint density at radius 1 is 1.10 bits per heavy atom. The van der Waals surface area contributed by atoms with Gasteiger partial charge in [0.25, 0.3) is 0 Å². The summed E-state index contributed by atoms with van der Waals surface area (Å²) >= 11 is 0. The van der Waals surface area contributed by atoms with Gasteiger partial charge in [-0.3, -0.25) is 0 Å². The van der Waals surface area contributed by atoms with Crippen LogP contribution in [0.2, 0.25) is 0 Å². The lowest BCUT2D eigenvalue weighted by molar-refractivity contribution is -0.131. The SMILES string of the molecule is Cc1cc(C2(C)c3ccc(O)cc3CCN2c2ccc(F)cc2)ccc1/C=C/C(=O)O. The number of benzene rings is 3. The average Bonchev–Trinajstić information content (AvgIpc) is 2.73. The van der Waals surface area contributed by atoms with E-state index in [4.69, 9.17) is 5.11 Å². The van der Waals surface area contributed by atoms with Crippen LogP contribution in [0.5, 0.6) is 5.75 Å². The third-order valence-corrected chi connectivity index (χ3v) is 6.13. The second kappa shape index (κ2) is 7.91. The number of aryl methyl sites for hydroxylation is 1. The van der Waals surface area contributed by atoms with Crippen molar-refractivity contribution >= 4 is 17.7 Å². The molecular weight excluding hydrogens is 393 g/mol. The molecule has 0 fully saturated rings. The van der Waals surface area contributed by atoms with Crippen molar-refractivity contribution < 1.29 is 19.4 Å². The molecule has 0 aromatic heterocycles. The number of carboxylic acids is 1. The molecule has 0 saturated carbocycles. The molecule has 4 nitrogen and oxygen atoms in total. The Morgan fingerprint density at radius 2 is 1.84 bits per heavy atom. The van der Waals surface area contributed by atoms with E-state index in [-0.39, 0.29) is 11.6 Å². The molecule has 0 spiro atoms. The second-order valence-electron chi connectivity index (χ2n) is 8.03. The van der Waals surface area contributed by atoms with E-state index >= 15 is 0 Å². The van der Waals surface area contributed by atoms with Gasteiger partial charge in [-0.05, 0) is 90.6 Å². The molecule has 0 radical (unpaired) electrons. The molecule has 31 heavy (non-hydrogen) atoms. The molecule has 1 unspecified atom stereocenters. The van der Waals surface area contributed by atoms with Crippen molar-refractivity contribution in [3.8, 4) is 5.75 Å². The maximum atomic E-state index is 13.6. The zero-order valence-electron chi connectivity index (χ0n) is 17.5. The molecule has 3 aromatic rings. The monoisotopic (exact) mass is 417 g/mol. The molecule has 1 atom stereocenters. The van der Waals surface area contributed by atoms with Crippen molar-refractivity contribution in [2.75, 3.05) is 11.4 Å². The van der Waals surface area contributed by atoms with Crippen LogP contribution < -0.4 is 4.90 Å². The second-order valence-corrected chi connectivity index (χ2v) is 8.03. The van der Waals surface area contributed by atoms with E-state index < -0.39 is 11.5 Å². The number of carbonyl (C=O) groups is 1. The highest BCUT2D eigenvalue weighted by atomic mass is 19.1. The van der Waals surface area contributed by atoms with Gasteiger partial charge in [0, 0.05) is 18.3 Å². The lowest BCUT2D eigenvalue weighted by Crippen LogP contribution is -2.49. The summed E-state index contributed by atoms with van der Waals surface area (Å²) in [6.07, 6.45) is 3.48. The predicted octanol–water partition coefficient (Wildman–Crippen LogP) is 5.26. The Kier molecular flexibility index (Phi) is 5.27. The Hall–Kier alpha value is -3.60. The number of rotatable bonds is 4. The molecule has 1 aliphatic heterocycles. The average molecular weight is 417 g/mol. The van der Waals surface area contributed by atoms with Gasteiger partial charge in [-0.25, -0.2) is 9.18 Å². The normalized spacial score (nSPS) is 18.2. The van der Waals surface area contributed by atoms with Gasteiger partial charge in [0.05, 0.1) is 5.54 Å². The molecule has 0 saturated heterocycles. The smallest absolute Gasteiger partial charge is 0.328 e. The number of phenols is 1. The van der Waals surface area contributed by atoms with Gasteiger partial charge < -0.3 is 15.1 Å². The van der Waals surface area contributed by atoms with Crippen LogP contribution >= 0.6 is 0 Å². The number of anilines is 1. The highest BCUT2D eigenvalue weighted by molar-refractivity contribution is 5.85. The predicted molar refractivity (Wildman–Crippen MR) is 120 cm³/mol. The van der Waals surface area contributed by atoms with Crippen LogP contribution in [0.1, 0.15) is 34.7 Å². The fraction of sp³-hybridized carbons (Fsp3) is 0.192. The van der Waals surface area contributed by atoms with Crippen LogP contribution in [0.15, 0.2) is 66.7 Å². The largest absolute Gasteiger partial charge is 0.508 e. The zero-order valence-corrected chi connectivity index (χ0v) is 17.5. The first-order valence-electron chi connectivity index (χ1n) is 10.2. The lowest BCUT2D eigenvalue weighted by Gasteiger charge is -2.48.